The summed E-state index contributed by atoms with van der Waals surface area (Å²) in [5.74, 6) is -0.343. The monoisotopic (exact) mass is 460 g/mol. The van der Waals surface area contributed by atoms with Crippen molar-refractivity contribution in [2.45, 2.75) is 31.3 Å². The number of benzene rings is 2. The van der Waals surface area contributed by atoms with E-state index in [4.69, 9.17) is 0 Å². The zero-order chi connectivity index (χ0) is 23.0. The Morgan fingerprint density at radius 3 is 2.73 bits per heavy atom. The van der Waals surface area contributed by atoms with E-state index in [2.05, 4.69) is 10.3 Å². The van der Waals surface area contributed by atoms with Gasteiger partial charge >= 0.3 is 0 Å². The van der Waals surface area contributed by atoms with E-state index >= 15 is 0 Å². The summed E-state index contributed by atoms with van der Waals surface area (Å²) in [6.07, 6.45) is 4.47. The van der Waals surface area contributed by atoms with Gasteiger partial charge in [-0.3, -0.25) is 4.79 Å². The van der Waals surface area contributed by atoms with Gasteiger partial charge in [0, 0.05) is 31.0 Å². The number of imidazole rings is 1. The van der Waals surface area contributed by atoms with Crippen LogP contribution in [0, 0.1) is 6.92 Å². The fourth-order valence-electron chi connectivity index (χ4n) is 4.12. The van der Waals surface area contributed by atoms with Crippen molar-refractivity contribution in [3.05, 3.63) is 101 Å². The number of aryl methyl sites for hydroxylation is 1. The number of rotatable bonds is 5. The third-order valence-electron chi connectivity index (χ3n) is 5.93. The van der Waals surface area contributed by atoms with E-state index in [1.807, 2.05) is 60.1 Å². The summed E-state index contributed by atoms with van der Waals surface area (Å²) in [5, 5.41) is 2.84. The minimum Gasteiger partial charge on any atom is -0.346 e. The summed E-state index contributed by atoms with van der Waals surface area (Å²) in [5.41, 5.74) is 5.15. The second-order valence-corrected chi connectivity index (χ2v) is 10.2. The van der Waals surface area contributed by atoms with E-state index < -0.39 is 10.0 Å². The molecule has 0 saturated carbocycles. The van der Waals surface area contributed by atoms with Crippen molar-refractivity contribution in [2.75, 3.05) is 6.54 Å². The zero-order valence-electron chi connectivity index (χ0n) is 18.2. The molecule has 0 bridgehead atoms. The van der Waals surface area contributed by atoms with Gasteiger partial charge < -0.3 is 9.72 Å². The van der Waals surface area contributed by atoms with Gasteiger partial charge in [-0.15, -0.1) is 0 Å². The number of hydrogen-bond donors (Lipinski definition) is 1. The lowest BCUT2D eigenvalue weighted by molar-refractivity contribution is 0.0950. The SMILES string of the molecule is Cc1ccn2cc(CNC(=O)c3cccc(S(=O)(=O)N4CCc5ccccc5C4)c3)nc2c1. The summed E-state index contributed by atoms with van der Waals surface area (Å²) in [6, 6.07) is 18.1. The van der Waals surface area contributed by atoms with Crippen LogP contribution in [0.2, 0.25) is 0 Å². The molecule has 0 saturated heterocycles. The van der Waals surface area contributed by atoms with Gasteiger partial charge in [0.25, 0.3) is 5.91 Å². The number of aromatic nitrogens is 2. The maximum atomic E-state index is 13.3. The fraction of sp³-hybridized carbons (Fsp3) is 0.200. The van der Waals surface area contributed by atoms with Crippen LogP contribution in [0.15, 0.2) is 78.0 Å². The minimum absolute atomic E-state index is 0.123. The molecule has 1 aliphatic rings. The molecule has 1 amide bonds. The zero-order valence-corrected chi connectivity index (χ0v) is 19.0. The normalized spacial score (nSPS) is 14.2. The number of pyridine rings is 1. The standard InChI is InChI=1S/C25H24N4O3S/c1-18-9-11-28-17-22(27-24(28)13-18)15-26-25(30)20-7-4-8-23(14-20)33(31,32)29-12-10-19-5-2-3-6-21(19)16-29/h2-9,11,13-14,17H,10,12,15-16H2,1H3,(H,26,30). The lowest BCUT2D eigenvalue weighted by Gasteiger charge is -2.28. The van der Waals surface area contributed by atoms with Gasteiger partial charge in [-0.25, -0.2) is 13.4 Å². The number of fused-ring (bicyclic) bond motifs is 2. The van der Waals surface area contributed by atoms with Gasteiger partial charge in [0.1, 0.15) is 5.65 Å². The van der Waals surface area contributed by atoms with Gasteiger partial charge in [-0.2, -0.15) is 4.31 Å². The second-order valence-electron chi connectivity index (χ2n) is 8.27. The van der Waals surface area contributed by atoms with Crippen LogP contribution in [0.25, 0.3) is 5.65 Å². The predicted octanol–water partition coefficient (Wildman–Crippen LogP) is 3.32. The van der Waals surface area contributed by atoms with Crippen LogP contribution in [0.1, 0.15) is 32.7 Å². The van der Waals surface area contributed by atoms with E-state index in [0.717, 1.165) is 22.5 Å². The molecule has 0 aliphatic carbocycles. The fourth-order valence-corrected chi connectivity index (χ4v) is 5.58. The first-order chi connectivity index (χ1) is 15.9. The average molecular weight is 461 g/mol. The van der Waals surface area contributed by atoms with Crippen molar-refractivity contribution in [1.82, 2.24) is 19.0 Å². The molecule has 8 heteroatoms. The van der Waals surface area contributed by atoms with E-state index in [-0.39, 0.29) is 17.3 Å². The molecule has 7 nitrogen and oxygen atoms in total. The van der Waals surface area contributed by atoms with Gasteiger partial charge in [0.05, 0.1) is 17.1 Å². The van der Waals surface area contributed by atoms with Gasteiger partial charge in [-0.05, 0) is 60.4 Å². The molecular formula is C25H24N4O3S. The Kier molecular flexibility index (Phi) is 5.47. The molecule has 2 aromatic carbocycles. The van der Waals surface area contributed by atoms with Crippen molar-refractivity contribution >= 4 is 21.6 Å². The lowest BCUT2D eigenvalue weighted by Crippen LogP contribution is -2.36. The molecule has 0 radical (unpaired) electrons. The highest BCUT2D eigenvalue weighted by molar-refractivity contribution is 7.89. The Labute approximate surface area is 192 Å². The van der Waals surface area contributed by atoms with Gasteiger partial charge in [0.2, 0.25) is 10.0 Å². The Hall–Kier alpha value is -3.49. The minimum atomic E-state index is -3.71. The Morgan fingerprint density at radius 2 is 1.88 bits per heavy atom. The molecule has 168 valence electrons. The third kappa shape index (κ3) is 4.27. The second kappa shape index (κ2) is 8.46. The molecule has 0 atom stereocenters. The third-order valence-corrected chi connectivity index (χ3v) is 7.77. The van der Waals surface area contributed by atoms with Crippen LogP contribution < -0.4 is 5.32 Å². The van der Waals surface area contributed by atoms with Crippen molar-refractivity contribution in [3.63, 3.8) is 0 Å². The van der Waals surface area contributed by atoms with Crippen molar-refractivity contribution in [2.24, 2.45) is 0 Å². The van der Waals surface area contributed by atoms with Crippen LogP contribution in [0.4, 0.5) is 0 Å². The number of nitrogens with zero attached hydrogens (tertiary/aromatic N) is 3. The molecule has 33 heavy (non-hydrogen) atoms. The van der Waals surface area contributed by atoms with E-state index in [0.29, 0.717) is 25.1 Å². The molecule has 1 N–H and O–H groups in total. The molecular weight excluding hydrogens is 436 g/mol. The maximum absolute atomic E-state index is 13.3. The van der Waals surface area contributed by atoms with Crippen LogP contribution in [0.3, 0.4) is 0 Å². The molecule has 0 spiro atoms. The summed E-state index contributed by atoms with van der Waals surface area (Å²) in [6.45, 7) is 3.00. The number of carbonyl (C=O) groups is 1. The molecule has 4 aromatic rings. The largest absolute Gasteiger partial charge is 0.346 e. The van der Waals surface area contributed by atoms with Crippen LogP contribution >= 0.6 is 0 Å². The van der Waals surface area contributed by atoms with E-state index in [9.17, 15) is 13.2 Å². The molecule has 5 rings (SSSR count). The Morgan fingerprint density at radius 1 is 1.06 bits per heavy atom. The van der Waals surface area contributed by atoms with Crippen molar-refractivity contribution in [3.8, 4) is 0 Å². The quantitative estimate of drug-likeness (QED) is 0.495. The van der Waals surface area contributed by atoms with Crippen LogP contribution in [-0.2, 0) is 29.5 Å². The van der Waals surface area contributed by atoms with Gasteiger partial charge in [-0.1, -0.05) is 30.3 Å². The molecule has 2 aromatic heterocycles. The summed E-state index contributed by atoms with van der Waals surface area (Å²) >= 11 is 0. The molecule has 1 aliphatic heterocycles. The lowest BCUT2D eigenvalue weighted by atomic mass is 10.0. The molecule has 3 heterocycles. The van der Waals surface area contributed by atoms with Crippen molar-refractivity contribution in [1.29, 1.82) is 0 Å². The number of hydrogen-bond acceptors (Lipinski definition) is 4. The van der Waals surface area contributed by atoms with Crippen molar-refractivity contribution < 1.29 is 13.2 Å². The highest BCUT2D eigenvalue weighted by Crippen LogP contribution is 2.25. The first-order valence-corrected chi connectivity index (χ1v) is 12.2. The number of carbonyl (C=O) groups excluding carboxylic acids is 1. The first kappa shape index (κ1) is 21.4. The average Bonchev–Trinajstić information content (AvgIpc) is 3.24. The number of amides is 1. The first-order valence-electron chi connectivity index (χ1n) is 10.8. The molecule has 0 unspecified atom stereocenters. The van der Waals surface area contributed by atoms with E-state index in [1.54, 1.807) is 12.1 Å². The summed E-state index contributed by atoms with van der Waals surface area (Å²) < 4.78 is 29.9. The number of nitrogens with one attached hydrogen (secondary N) is 1. The highest BCUT2D eigenvalue weighted by Gasteiger charge is 2.28. The summed E-state index contributed by atoms with van der Waals surface area (Å²) in [4.78, 5) is 17.4. The highest BCUT2D eigenvalue weighted by atomic mass is 32.2. The van der Waals surface area contributed by atoms with E-state index in [1.165, 1.54) is 22.0 Å². The number of sulfonamides is 1. The van der Waals surface area contributed by atoms with Crippen LogP contribution in [0.5, 0.6) is 0 Å². The predicted molar refractivity (Wildman–Crippen MR) is 125 cm³/mol. The maximum Gasteiger partial charge on any atom is 0.251 e. The Bertz CT molecular complexity index is 1460. The topological polar surface area (TPSA) is 83.8 Å². The van der Waals surface area contributed by atoms with Crippen LogP contribution in [-0.4, -0.2) is 34.6 Å². The molecule has 0 fully saturated rings. The smallest absolute Gasteiger partial charge is 0.251 e. The van der Waals surface area contributed by atoms with Gasteiger partial charge in [0.15, 0.2) is 0 Å². The Balaban J connectivity index is 1.31. The summed E-state index contributed by atoms with van der Waals surface area (Å²) in [7, 11) is -3.71.